The van der Waals surface area contributed by atoms with Crippen molar-refractivity contribution in [3.05, 3.63) is 34.3 Å². The van der Waals surface area contributed by atoms with E-state index in [4.69, 9.17) is 0 Å². The summed E-state index contributed by atoms with van der Waals surface area (Å²) in [7, 11) is 0. The van der Waals surface area contributed by atoms with Gasteiger partial charge in [-0.15, -0.1) is 0 Å². The minimum atomic E-state index is -0.855. The lowest BCUT2D eigenvalue weighted by molar-refractivity contribution is -0.130. The first-order valence-corrected chi connectivity index (χ1v) is 9.24. The first-order chi connectivity index (χ1) is 11.8. The summed E-state index contributed by atoms with van der Waals surface area (Å²) in [5.74, 6) is -0.299. The fraction of sp³-hybridized carbons (Fsp3) is 0.500. The monoisotopic (exact) mass is 409 g/mol. The zero-order valence-corrected chi connectivity index (χ0v) is 16.2. The van der Waals surface area contributed by atoms with Gasteiger partial charge >= 0.3 is 6.03 Å². The SMILES string of the molecule is CC1(C)NC(=O)N(CCCC(=O)NCCCc2cccc(Br)c2)C1=O. The first-order valence-electron chi connectivity index (χ1n) is 8.45. The molecule has 0 unspecified atom stereocenters. The first kappa shape index (κ1) is 19.4. The number of amides is 4. The van der Waals surface area contributed by atoms with Crippen molar-refractivity contribution < 1.29 is 14.4 Å². The molecule has 2 N–H and O–H groups in total. The van der Waals surface area contributed by atoms with E-state index in [0.29, 0.717) is 19.4 Å². The third-order valence-electron chi connectivity index (χ3n) is 4.08. The van der Waals surface area contributed by atoms with E-state index in [1.165, 1.54) is 10.5 Å². The average Bonchev–Trinajstić information content (AvgIpc) is 2.73. The van der Waals surface area contributed by atoms with Gasteiger partial charge in [-0.1, -0.05) is 28.1 Å². The molecule has 1 aliphatic heterocycles. The summed E-state index contributed by atoms with van der Waals surface area (Å²) in [5, 5.41) is 5.50. The van der Waals surface area contributed by atoms with E-state index in [9.17, 15) is 14.4 Å². The molecule has 0 aliphatic carbocycles. The number of hydrogen-bond acceptors (Lipinski definition) is 3. The van der Waals surface area contributed by atoms with Crippen molar-refractivity contribution in [3.8, 4) is 0 Å². The summed E-state index contributed by atoms with van der Waals surface area (Å²) in [6, 6.07) is 7.73. The van der Waals surface area contributed by atoms with Gasteiger partial charge in [-0.3, -0.25) is 14.5 Å². The van der Waals surface area contributed by atoms with Crippen LogP contribution in [-0.4, -0.2) is 41.4 Å². The number of rotatable bonds is 8. The molecule has 0 saturated carbocycles. The quantitative estimate of drug-likeness (QED) is 0.511. The molecule has 1 heterocycles. The number of urea groups is 1. The Kier molecular flexibility index (Phi) is 6.58. The number of carbonyl (C=O) groups is 3. The van der Waals surface area contributed by atoms with Crippen molar-refractivity contribution >= 4 is 33.8 Å². The van der Waals surface area contributed by atoms with Gasteiger partial charge < -0.3 is 10.6 Å². The predicted molar refractivity (Wildman–Crippen MR) is 99.0 cm³/mol. The third-order valence-corrected chi connectivity index (χ3v) is 4.58. The van der Waals surface area contributed by atoms with E-state index < -0.39 is 5.54 Å². The second-order valence-corrected chi connectivity index (χ2v) is 7.61. The van der Waals surface area contributed by atoms with Gasteiger partial charge in [0.15, 0.2) is 0 Å². The number of aryl methyl sites for hydroxylation is 1. The predicted octanol–water partition coefficient (Wildman–Crippen LogP) is 2.61. The summed E-state index contributed by atoms with van der Waals surface area (Å²) in [6.07, 6.45) is 2.53. The van der Waals surface area contributed by atoms with Crippen molar-refractivity contribution in [2.45, 2.75) is 45.1 Å². The molecule has 25 heavy (non-hydrogen) atoms. The molecule has 0 aromatic heterocycles. The zero-order valence-electron chi connectivity index (χ0n) is 14.6. The minimum absolute atomic E-state index is 0.0550. The molecule has 6 nitrogen and oxygen atoms in total. The highest BCUT2D eigenvalue weighted by atomic mass is 79.9. The van der Waals surface area contributed by atoms with E-state index in [2.05, 4.69) is 38.7 Å². The second kappa shape index (κ2) is 8.47. The number of halogens is 1. The Labute approximate surface area is 156 Å². The summed E-state index contributed by atoms with van der Waals surface area (Å²) < 4.78 is 1.05. The van der Waals surface area contributed by atoms with Gasteiger partial charge in [0.1, 0.15) is 5.54 Å². The molecule has 0 atom stereocenters. The maximum atomic E-state index is 12.0. The van der Waals surface area contributed by atoms with Crippen LogP contribution in [0, 0.1) is 0 Å². The van der Waals surface area contributed by atoms with E-state index in [-0.39, 0.29) is 24.4 Å². The Bertz CT molecular complexity index is 661. The summed E-state index contributed by atoms with van der Waals surface area (Å²) in [5.41, 5.74) is 0.371. The van der Waals surface area contributed by atoms with Crippen LogP contribution in [0.3, 0.4) is 0 Å². The van der Waals surface area contributed by atoms with Crippen LogP contribution in [0.5, 0.6) is 0 Å². The standard InChI is InChI=1S/C18H24BrN3O3/c1-18(2)16(24)22(17(25)21-18)11-5-9-15(23)20-10-4-7-13-6-3-8-14(19)12-13/h3,6,8,12H,4-5,7,9-11H2,1-2H3,(H,20,23)(H,21,25). The molecule has 0 bridgehead atoms. The van der Waals surface area contributed by atoms with Gasteiger partial charge in [0.2, 0.25) is 5.91 Å². The second-order valence-electron chi connectivity index (χ2n) is 6.70. The fourth-order valence-electron chi connectivity index (χ4n) is 2.72. The van der Waals surface area contributed by atoms with Gasteiger partial charge in [-0.25, -0.2) is 4.79 Å². The zero-order chi connectivity index (χ0) is 18.4. The molecular weight excluding hydrogens is 386 g/mol. The lowest BCUT2D eigenvalue weighted by Gasteiger charge is -2.15. The number of carbonyl (C=O) groups excluding carboxylic acids is 3. The largest absolute Gasteiger partial charge is 0.356 e. The van der Waals surface area contributed by atoms with Crippen LogP contribution in [0.2, 0.25) is 0 Å². The van der Waals surface area contributed by atoms with Crippen LogP contribution in [0.25, 0.3) is 0 Å². The Hall–Kier alpha value is -1.89. The molecule has 1 aromatic carbocycles. The normalized spacial score (nSPS) is 16.0. The summed E-state index contributed by atoms with van der Waals surface area (Å²) >= 11 is 3.44. The van der Waals surface area contributed by atoms with Crippen LogP contribution < -0.4 is 10.6 Å². The van der Waals surface area contributed by atoms with Crippen LogP contribution in [0.4, 0.5) is 4.79 Å². The third kappa shape index (κ3) is 5.56. The van der Waals surface area contributed by atoms with Crippen molar-refractivity contribution in [1.29, 1.82) is 0 Å². The lowest BCUT2D eigenvalue weighted by atomic mass is 10.1. The number of nitrogens with one attached hydrogen (secondary N) is 2. The Morgan fingerprint density at radius 1 is 1.28 bits per heavy atom. The molecule has 1 fully saturated rings. The molecule has 0 spiro atoms. The van der Waals surface area contributed by atoms with Crippen LogP contribution in [0.1, 0.15) is 38.7 Å². The number of nitrogens with zero attached hydrogens (tertiary/aromatic N) is 1. The van der Waals surface area contributed by atoms with Gasteiger partial charge in [0.25, 0.3) is 5.91 Å². The average molecular weight is 410 g/mol. The highest BCUT2D eigenvalue weighted by Crippen LogP contribution is 2.17. The summed E-state index contributed by atoms with van der Waals surface area (Å²) in [6.45, 7) is 4.22. The topological polar surface area (TPSA) is 78.5 Å². The maximum Gasteiger partial charge on any atom is 0.325 e. The Morgan fingerprint density at radius 3 is 2.68 bits per heavy atom. The fourth-order valence-corrected chi connectivity index (χ4v) is 3.17. The molecular formula is C18H24BrN3O3. The van der Waals surface area contributed by atoms with Crippen molar-refractivity contribution in [2.75, 3.05) is 13.1 Å². The molecule has 1 aromatic rings. The van der Waals surface area contributed by atoms with Gasteiger partial charge in [-0.2, -0.15) is 0 Å². The van der Waals surface area contributed by atoms with Gasteiger partial charge in [-0.05, 0) is 50.8 Å². The number of imide groups is 1. The summed E-state index contributed by atoms with van der Waals surface area (Å²) in [4.78, 5) is 36.8. The van der Waals surface area contributed by atoms with E-state index in [1.54, 1.807) is 13.8 Å². The Morgan fingerprint density at radius 2 is 2.04 bits per heavy atom. The van der Waals surface area contributed by atoms with Crippen LogP contribution >= 0.6 is 15.9 Å². The van der Waals surface area contributed by atoms with Gasteiger partial charge in [0, 0.05) is 24.0 Å². The molecule has 7 heteroatoms. The highest BCUT2D eigenvalue weighted by molar-refractivity contribution is 9.10. The number of benzene rings is 1. The smallest absolute Gasteiger partial charge is 0.325 e. The van der Waals surface area contributed by atoms with Crippen molar-refractivity contribution in [3.63, 3.8) is 0 Å². The van der Waals surface area contributed by atoms with E-state index in [1.807, 2.05) is 12.1 Å². The minimum Gasteiger partial charge on any atom is -0.356 e. The molecule has 4 amide bonds. The molecule has 1 aliphatic rings. The van der Waals surface area contributed by atoms with Crippen LogP contribution in [-0.2, 0) is 16.0 Å². The maximum absolute atomic E-state index is 12.0. The molecule has 136 valence electrons. The van der Waals surface area contributed by atoms with Gasteiger partial charge in [0.05, 0.1) is 0 Å². The number of hydrogen-bond donors (Lipinski definition) is 2. The van der Waals surface area contributed by atoms with Crippen LogP contribution in [0.15, 0.2) is 28.7 Å². The van der Waals surface area contributed by atoms with Crippen molar-refractivity contribution in [1.82, 2.24) is 15.5 Å². The highest BCUT2D eigenvalue weighted by Gasteiger charge is 2.43. The molecule has 0 radical (unpaired) electrons. The molecule has 1 saturated heterocycles. The van der Waals surface area contributed by atoms with E-state index in [0.717, 1.165) is 17.3 Å². The lowest BCUT2D eigenvalue weighted by Crippen LogP contribution is -2.40. The Balaban J connectivity index is 1.61. The van der Waals surface area contributed by atoms with Crippen molar-refractivity contribution in [2.24, 2.45) is 0 Å². The van der Waals surface area contributed by atoms with E-state index >= 15 is 0 Å². The molecule has 2 rings (SSSR count).